The van der Waals surface area contributed by atoms with Crippen molar-refractivity contribution in [1.82, 2.24) is 9.55 Å². The summed E-state index contributed by atoms with van der Waals surface area (Å²) in [4.78, 5) is 17.8. The topological polar surface area (TPSA) is 74.6 Å². The SMILES string of the molecule is CCOc1cccc([C@@H]2C(C(=O)OCCOC)=C(C)Nc3nc4ccccc4n32)c1. The fraction of sp³-hybridized carbons (Fsp3) is 0.304. The maximum atomic E-state index is 13.1. The van der Waals surface area contributed by atoms with E-state index in [4.69, 9.17) is 19.2 Å². The van der Waals surface area contributed by atoms with Crippen LogP contribution in [0.5, 0.6) is 5.75 Å². The molecule has 1 aromatic heterocycles. The standard InChI is InChI=1S/C23H25N3O4/c1-4-29-17-9-7-8-16(14-17)21-20(22(27)30-13-12-28-3)15(2)24-23-25-18-10-5-6-11-19(18)26(21)23/h5-11,14,21H,4,12-13H2,1-3H3,(H,24,25)/t21-/m1/s1. The van der Waals surface area contributed by atoms with Gasteiger partial charge in [-0.3, -0.25) is 4.57 Å². The van der Waals surface area contributed by atoms with Crippen molar-refractivity contribution in [3.63, 3.8) is 0 Å². The van der Waals surface area contributed by atoms with Crippen molar-refractivity contribution in [3.05, 3.63) is 65.4 Å². The zero-order chi connectivity index (χ0) is 21.1. The third-order valence-corrected chi connectivity index (χ3v) is 5.06. The van der Waals surface area contributed by atoms with E-state index in [-0.39, 0.29) is 12.6 Å². The Labute approximate surface area is 175 Å². The van der Waals surface area contributed by atoms with Crippen molar-refractivity contribution >= 4 is 23.0 Å². The first-order chi connectivity index (χ1) is 14.6. The van der Waals surface area contributed by atoms with Crippen LogP contribution in [-0.4, -0.2) is 42.5 Å². The van der Waals surface area contributed by atoms with Crippen LogP contribution < -0.4 is 10.1 Å². The van der Waals surface area contributed by atoms with E-state index in [9.17, 15) is 4.79 Å². The molecule has 0 fully saturated rings. The van der Waals surface area contributed by atoms with Gasteiger partial charge in [0.05, 0.1) is 35.9 Å². The minimum Gasteiger partial charge on any atom is -0.494 e. The van der Waals surface area contributed by atoms with Crippen LogP contribution in [0.1, 0.15) is 25.5 Å². The Bertz CT molecular complexity index is 1100. The number of esters is 1. The highest BCUT2D eigenvalue weighted by molar-refractivity contribution is 5.94. The summed E-state index contributed by atoms with van der Waals surface area (Å²) in [7, 11) is 1.58. The molecule has 1 atom stereocenters. The number of rotatable bonds is 7. The Hall–Kier alpha value is -3.32. The smallest absolute Gasteiger partial charge is 0.338 e. The summed E-state index contributed by atoms with van der Waals surface area (Å²) >= 11 is 0. The highest BCUT2D eigenvalue weighted by Gasteiger charge is 2.35. The summed E-state index contributed by atoms with van der Waals surface area (Å²) in [5.74, 6) is 1.06. The molecular formula is C23H25N3O4. The lowest BCUT2D eigenvalue weighted by Gasteiger charge is -2.30. The second kappa shape index (κ2) is 8.59. The van der Waals surface area contributed by atoms with Gasteiger partial charge in [0.2, 0.25) is 5.95 Å². The molecule has 2 heterocycles. The number of benzene rings is 2. The molecule has 0 bridgehead atoms. The lowest BCUT2D eigenvalue weighted by atomic mass is 9.95. The third kappa shape index (κ3) is 3.64. The molecule has 0 unspecified atom stereocenters. The minimum atomic E-state index is -0.399. The minimum absolute atomic E-state index is 0.190. The average molecular weight is 407 g/mol. The molecule has 1 aliphatic rings. The summed E-state index contributed by atoms with van der Waals surface area (Å²) in [5, 5.41) is 3.28. The van der Waals surface area contributed by atoms with Crippen molar-refractivity contribution in [2.75, 3.05) is 32.2 Å². The van der Waals surface area contributed by atoms with Crippen LogP contribution in [0.3, 0.4) is 0 Å². The van der Waals surface area contributed by atoms with Gasteiger partial charge in [0.1, 0.15) is 12.4 Å². The molecule has 0 saturated carbocycles. The van der Waals surface area contributed by atoms with Gasteiger partial charge >= 0.3 is 5.97 Å². The molecule has 30 heavy (non-hydrogen) atoms. The number of imidazole rings is 1. The normalized spacial score (nSPS) is 15.6. The van der Waals surface area contributed by atoms with Crippen molar-refractivity contribution in [1.29, 1.82) is 0 Å². The molecule has 156 valence electrons. The molecule has 0 amide bonds. The number of fused-ring (bicyclic) bond motifs is 3. The van der Waals surface area contributed by atoms with Crippen LogP contribution in [0.2, 0.25) is 0 Å². The quantitative estimate of drug-likeness (QED) is 0.473. The van der Waals surface area contributed by atoms with Gasteiger partial charge < -0.3 is 19.5 Å². The Balaban J connectivity index is 1.86. The van der Waals surface area contributed by atoms with Crippen LogP contribution in [0.15, 0.2) is 59.8 Å². The number of nitrogens with one attached hydrogen (secondary N) is 1. The number of para-hydroxylation sites is 2. The van der Waals surface area contributed by atoms with Crippen LogP contribution >= 0.6 is 0 Å². The Morgan fingerprint density at radius 3 is 2.80 bits per heavy atom. The van der Waals surface area contributed by atoms with Crippen LogP contribution in [-0.2, 0) is 14.3 Å². The molecular weight excluding hydrogens is 382 g/mol. The highest BCUT2D eigenvalue weighted by Crippen LogP contribution is 2.40. The van der Waals surface area contributed by atoms with Crippen LogP contribution in [0, 0.1) is 0 Å². The van der Waals surface area contributed by atoms with Crippen molar-refractivity contribution in [2.24, 2.45) is 0 Å². The van der Waals surface area contributed by atoms with E-state index < -0.39 is 6.04 Å². The summed E-state index contributed by atoms with van der Waals surface area (Å²) in [6.45, 7) is 4.91. The van der Waals surface area contributed by atoms with Gasteiger partial charge in [0, 0.05) is 12.8 Å². The molecule has 0 saturated heterocycles. The highest BCUT2D eigenvalue weighted by atomic mass is 16.6. The molecule has 7 nitrogen and oxygen atoms in total. The van der Waals surface area contributed by atoms with Crippen molar-refractivity contribution in [3.8, 4) is 5.75 Å². The Morgan fingerprint density at radius 2 is 2.00 bits per heavy atom. The Kier molecular flexibility index (Phi) is 5.72. The fourth-order valence-electron chi connectivity index (χ4n) is 3.78. The molecule has 2 aromatic carbocycles. The Morgan fingerprint density at radius 1 is 1.17 bits per heavy atom. The predicted molar refractivity (Wildman–Crippen MR) is 115 cm³/mol. The lowest BCUT2D eigenvalue weighted by molar-refractivity contribution is -0.140. The largest absolute Gasteiger partial charge is 0.494 e. The average Bonchev–Trinajstić information content (AvgIpc) is 3.11. The van der Waals surface area contributed by atoms with Crippen molar-refractivity contribution < 1.29 is 19.0 Å². The van der Waals surface area contributed by atoms with Gasteiger partial charge in [0.15, 0.2) is 0 Å². The number of methoxy groups -OCH3 is 1. The number of nitrogens with zero attached hydrogens (tertiary/aromatic N) is 2. The lowest BCUT2D eigenvalue weighted by Crippen LogP contribution is -2.29. The first kappa shape index (κ1) is 20.0. The van der Waals surface area contributed by atoms with Gasteiger partial charge in [-0.1, -0.05) is 24.3 Å². The first-order valence-electron chi connectivity index (χ1n) is 9.97. The second-order valence-corrected chi connectivity index (χ2v) is 6.99. The van der Waals surface area contributed by atoms with Gasteiger partial charge in [0.25, 0.3) is 0 Å². The van der Waals surface area contributed by atoms with Gasteiger partial charge in [-0.05, 0) is 43.7 Å². The van der Waals surface area contributed by atoms with E-state index in [1.54, 1.807) is 7.11 Å². The summed E-state index contributed by atoms with van der Waals surface area (Å²) in [5.41, 5.74) is 3.96. The predicted octanol–water partition coefficient (Wildman–Crippen LogP) is 3.91. The van der Waals surface area contributed by atoms with E-state index >= 15 is 0 Å². The number of allylic oxidation sites excluding steroid dienone is 1. The van der Waals surface area contributed by atoms with E-state index in [1.165, 1.54) is 0 Å². The third-order valence-electron chi connectivity index (χ3n) is 5.06. The molecule has 4 rings (SSSR count). The number of aromatic nitrogens is 2. The van der Waals surface area contributed by atoms with Crippen LogP contribution in [0.4, 0.5) is 5.95 Å². The van der Waals surface area contributed by atoms with Crippen LogP contribution in [0.25, 0.3) is 11.0 Å². The van der Waals surface area contributed by atoms with E-state index in [1.807, 2.05) is 66.9 Å². The number of ether oxygens (including phenoxy) is 3. The monoisotopic (exact) mass is 407 g/mol. The van der Waals surface area contributed by atoms with Gasteiger partial charge in [-0.15, -0.1) is 0 Å². The number of carbonyl (C=O) groups excluding carboxylic acids is 1. The molecule has 1 N–H and O–H groups in total. The van der Waals surface area contributed by atoms with Gasteiger partial charge in [-0.25, -0.2) is 9.78 Å². The second-order valence-electron chi connectivity index (χ2n) is 6.99. The molecule has 1 aliphatic heterocycles. The molecule has 0 aliphatic carbocycles. The van der Waals surface area contributed by atoms with E-state index in [0.717, 1.165) is 22.3 Å². The molecule has 0 spiro atoms. The summed E-state index contributed by atoms with van der Waals surface area (Å²) in [6, 6.07) is 15.3. The zero-order valence-corrected chi connectivity index (χ0v) is 17.3. The summed E-state index contributed by atoms with van der Waals surface area (Å²) < 4.78 is 18.3. The number of anilines is 1. The van der Waals surface area contributed by atoms with E-state index in [0.29, 0.717) is 30.4 Å². The fourth-order valence-corrected chi connectivity index (χ4v) is 3.78. The molecule has 0 radical (unpaired) electrons. The number of hydrogen-bond acceptors (Lipinski definition) is 6. The maximum Gasteiger partial charge on any atom is 0.338 e. The number of hydrogen-bond donors (Lipinski definition) is 1. The first-order valence-corrected chi connectivity index (χ1v) is 9.97. The summed E-state index contributed by atoms with van der Waals surface area (Å²) in [6.07, 6.45) is 0. The van der Waals surface area contributed by atoms with E-state index in [2.05, 4.69) is 5.32 Å². The molecule has 3 aromatic rings. The molecule has 7 heteroatoms. The zero-order valence-electron chi connectivity index (χ0n) is 17.3. The van der Waals surface area contributed by atoms with Gasteiger partial charge in [-0.2, -0.15) is 0 Å². The maximum absolute atomic E-state index is 13.1. The number of carbonyl (C=O) groups is 1. The van der Waals surface area contributed by atoms with Crippen molar-refractivity contribution in [2.45, 2.75) is 19.9 Å².